The fraction of sp³-hybridized carbons (Fsp3) is 0.533. The molecule has 0 amide bonds. The van der Waals surface area contributed by atoms with Crippen LogP contribution in [0.4, 0.5) is 14.5 Å². The lowest BCUT2D eigenvalue weighted by molar-refractivity contribution is 0.451. The number of benzene rings is 1. The summed E-state index contributed by atoms with van der Waals surface area (Å²) in [5, 5.41) is 3.04. The van der Waals surface area contributed by atoms with Crippen molar-refractivity contribution in [2.24, 2.45) is 11.7 Å². The summed E-state index contributed by atoms with van der Waals surface area (Å²) in [6.45, 7) is 2.13. The van der Waals surface area contributed by atoms with Gasteiger partial charge in [0.1, 0.15) is 22.3 Å². The molecule has 0 heterocycles. The van der Waals surface area contributed by atoms with Gasteiger partial charge in [-0.25, -0.2) is 8.78 Å². The fourth-order valence-electron chi connectivity index (χ4n) is 2.75. The number of halogens is 2. The largest absolute Gasteiger partial charge is 0.389 e. The Balaban J connectivity index is 2.22. The maximum absolute atomic E-state index is 14.0. The zero-order valence-electron chi connectivity index (χ0n) is 11.6. The predicted molar refractivity (Wildman–Crippen MR) is 81.9 cm³/mol. The van der Waals surface area contributed by atoms with Crippen LogP contribution in [0.1, 0.15) is 44.6 Å². The Morgan fingerprint density at radius 2 is 1.80 bits per heavy atom. The average Bonchev–Trinajstić information content (AvgIpc) is 2.58. The molecule has 0 aliphatic heterocycles. The molecule has 0 radical (unpaired) electrons. The highest BCUT2D eigenvalue weighted by Crippen LogP contribution is 2.28. The second kappa shape index (κ2) is 6.48. The second-order valence-corrected chi connectivity index (χ2v) is 5.99. The van der Waals surface area contributed by atoms with E-state index in [0.29, 0.717) is 5.92 Å². The maximum atomic E-state index is 14.0. The van der Waals surface area contributed by atoms with Crippen LogP contribution < -0.4 is 11.1 Å². The van der Waals surface area contributed by atoms with E-state index >= 15 is 0 Å². The Morgan fingerprint density at radius 3 is 2.40 bits per heavy atom. The lowest BCUT2D eigenvalue weighted by atomic mass is 9.96. The standard InChI is InChI=1S/C15H20F2N2S/c1-9-5-3-2-4-6-13(9)19-14-11(16)7-10(15(18)20)8-12(14)17/h7-9,13,19H,2-6H2,1H3,(H2,18,20). The molecule has 2 rings (SSSR count). The first-order valence-electron chi connectivity index (χ1n) is 7.04. The molecule has 0 bridgehead atoms. The quantitative estimate of drug-likeness (QED) is 0.655. The van der Waals surface area contributed by atoms with Crippen LogP contribution in [-0.4, -0.2) is 11.0 Å². The monoisotopic (exact) mass is 298 g/mol. The van der Waals surface area contributed by atoms with E-state index < -0.39 is 11.6 Å². The normalized spacial score (nSPS) is 23.1. The number of rotatable bonds is 3. The third-order valence-corrected chi connectivity index (χ3v) is 4.25. The number of nitrogens with one attached hydrogen (secondary N) is 1. The molecule has 110 valence electrons. The Morgan fingerprint density at radius 1 is 1.20 bits per heavy atom. The van der Waals surface area contributed by atoms with Crippen LogP contribution in [0.5, 0.6) is 0 Å². The molecule has 0 aromatic heterocycles. The summed E-state index contributed by atoms with van der Waals surface area (Å²) in [5.74, 6) is -0.861. The molecule has 2 nitrogen and oxygen atoms in total. The summed E-state index contributed by atoms with van der Waals surface area (Å²) in [7, 11) is 0. The first-order valence-corrected chi connectivity index (χ1v) is 7.45. The molecule has 2 unspecified atom stereocenters. The molecule has 20 heavy (non-hydrogen) atoms. The lowest BCUT2D eigenvalue weighted by Crippen LogP contribution is -2.27. The number of nitrogens with two attached hydrogens (primary N) is 1. The van der Waals surface area contributed by atoms with Crippen LogP contribution in [0, 0.1) is 17.6 Å². The first kappa shape index (κ1) is 15.2. The molecule has 0 spiro atoms. The van der Waals surface area contributed by atoms with Crippen molar-refractivity contribution >= 4 is 22.9 Å². The van der Waals surface area contributed by atoms with Gasteiger partial charge in [-0.2, -0.15) is 0 Å². The molecule has 1 aromatic rings. The summed E-state index contributed by atoms with van der Waals surface area (Å²) < 4.78 is 28.1. The third kappa shape index (κ3) is 3.45. The van der Waals surface area contributed by atoms with E-state index in [1.165, 1.54) is 25.0 Å². The van der Waals surface area contributed by atoms with E-state index in [1.807, 2.05) is 0 Å². The number of thiocarbonyl (C=S) groups is 1. The van der Waals surface area contributed by atoms with Crippen LogP contribution in [-0.2, 0) is 0 Å². The van der Waals surface area contributed by atoms with E-state index in [4.69, 9.17) is 18.0 Å². The van der Waals surface area contributed by atoms with Crippen LogP contribution in [0.15, 0.2) is 12.1 Å². The molecular formula is C15H20F2N2S. The van der Waals surface area contributed by atoms with Crippen molar-refractivity contribution < 1.29 is 8.78 Å². The predicted octanol–water partition coefficient (Wildman–Crippen LogP) is 3.98. The maximum Gasteiger partial charge on any atom is 0.150 e. The summed E-state index contributed by atoms with van der Waals surface area (Å²) in [6, 6.07) is 2.49. The van der Waals surface area contributed by atoms with Crippen molar-refractivity contribution in [3.05, 3.63) is 29.3 Å². The van der Waals surface area contributed by atoms with E-state index in [1.54, 1.807) is 0 Å². The summed E-state index contributed by atoms with van der Waals surface area (Å²) in [5.41, 5.74) is 5.56. The van der Waals surface area contributed by atoms with E-state index in [2.05, 4.69) is 12.2 Å². The summed E-state index contributed by atoms with van der Waals surface area (Å²) in [4.78, 5) is -0.00261. The van der Waals surface area contributed by atoms with Crippen LogP contribution >= 0.6 is 12.2 Å². The molecule has 0 saturated heterocycles. The van der Waals surface area contributed by atoms with Gasteiger partial charge in [-0.05, 0) is 30.9 Å². The SMILES string of the molecule is CC1CCCCCC1Nc1c(F)cc(C(N)=S)cc1F. The number of anilines is 1. The van der Waals surface area contributed by atoms with Crippen molar-refractivity contribution in [1.29, 1.82) is 0 Å². The van der Waals surface area contributed by atoms with Gasteiger partial charge in [-0.3, -0.25) is 0 Å². The van der Waals surface area contributed by atoms with Crippen molar-refractivity contribution in [2.45, 2.75) is 45.1 Å². The zero-order valence-corrected chi connectivity index (χ0v) is 12.4. The van der Waals surface area contributed by atoms with Gasteiger partial charge in [0.05, 0.1) is 0 Å². The first-order chi connectivity index (χ1) is 9.49. The lowest BCUT2D eigenvalue weighted by Gasteiger charge is -2.24. The number of hydrogen-bond acceptors (Lipinski definition) is 2. The molecule has 3 N–H and O–H groups in total. The van der Waals surface area contributed by atoms with Crippen molar-refractivity contribution in [1.82, 2.24) is 0 Å². The van der Waals surface area contributed by atoms with Crippen molar-refractivity contribution in [2.75, 3.05) is 5.32 Å². The molecule has 1 aliphatic rings. The zero-order chi connectivity index (χ0) is 14.7. The van der Waals surface area contributed by atoms with Crippen molar-refractivity contribution in [3.63, 3.8) is 0 Å². The Labute approximate surface area is 123 Å². The fourth-order valence-corrected chi connectivity index (χ4v) is 2.86. The van der Waals surface area contributed by atoms with Gasteiger partial charge in [0, 0.05) is 11.6 Å². The summed E-state index contributed by atoms with van der Waals surface area (Å²) in [6.07, 6.45) is 5.50. The van der Waals surface area contributed by atoms with Crippen molar-refractivity contribution in [3.8, 4) is 0 Å². The molecule has 1 fully saturated rings. The molecule has 2 atom stereocenters. The van der Waals surface area contributed by atoms with Gasteiger partial charge >= 0.3 is 0 Å². The van der Waals surface area contributed by atoms with E-state index in [-0.39, 0.29) is 22.3 Å². The molecular weight excluding hydrogens is 278 g/mol. The highest BCUT2D eigenvalue weighted by atomic mass is 32.1. The topological polar surface area (TPSA) is 38.0 Å². The van der Waals surface area contributed by atoms with Gasteiger partial charge in [0.2, 0.25) is 0 Å². The van der Waals surface area contributed by atoms with Gasteiger partial charge in [-0.1, -0.05) is 38.4 Å². The van der Waals surface area contributed by atoms with Gasteiger partial charge in [-0.15, -0.1) is 0 Å². The smallest absolute Gasteiger partial charge is 0.150 e. The van der Waals surface area contributed by atoms with Crippen LogP contribution in [0.2, 0.25) is 0 Å². The summed E-state index contributed by atoms with van der Waals surface area (Å²) >= 11 is 4.75. The second-order valence-electron chi connectivity index (χ2n) is 5.55. The van der Waals surface area contributed by atoms with Gasteiger partial charge in [0.25, 0.3) is 0 Å². The van der Waals surface area contributed by atoms with Crippen LogP contribution in [0.3, 0.4) is 0 Å². The average molecular weight is 298 g/mol. The molecule has 1 aliphatic carbocycles. The Hall–Kier alpha value is -1.23. The molecule has 5 heteroatoms. The van der Waals surface area contributed by atoms with Crippen LogP contribution in [0.25, 0.3) is 0 Å². The van der Waals surface area contributed by atoms with Gasteiger partial charge in [0.15, 0.2) is 0 Å². The van der Waals surface area contributed by atoms with E-state index in [0.717, 1.165) is 19.3 Å². The van der Waals surface area contributed by atoms with Gasteiger partial charge < -0.3 is 11.1 Å². The van der Waals surface area contributed by atoms with E-state index in [9.17, 15) is 8.78 Å². The minimum atomic E-state index is -0.635. The Bertz CT molecular complexity index is 482. The highest BCUT2D eigenvalue weighted by molar-refractivity contribution is 7.80. The minimum absolute atomic E-state index is 0.00261. The third-order valence-electron chi connectivity index (χ3n) is 4.02. The minimum Gasteiger partial charge on any atom is -0.389 e. The highest BCUT2D eigenvalue weighted by Gasteiger charge is 2.22. The number of hydrogen-bond donors (Lipinski definition) is 2. The molecule has 1 aromatic carbocycles. The Kier molecular flexibility index (Phi) is 4.91. The molecule has 1 saturated carbocycles.